The van der Waals surface area contributed by atoms with E-state index in [9.17, 15) is 31.2 Å². The Morgan fingerprint density at radius 1 is 1.10 bits per heavy atom. The van der Waals surface area contributed by atoms with E-state index in [1.165, 1.54) is 13.8 Å². The van der Waals surface area contributed by atoms with Crippen LogP contribution in [0.15, 0.2) is 17.0 Å². The smallest absolute Gasteiger partial charge is 0.467 e. The molecule has 1 unspecified atom stereocenters. The molecular weight excluding hydrogens is 415 g/mol. The Morgan fingerprint density at radius 2 is 1.59 bits per heavy atom. The number of aryl methyl sites for hydroxylation is 2. The number of sulfone groups is 1. The minimum Gasteiger partial charge on any atom is -0.467 e. The van der Waals surface area contributed by atoms with Crippen molar-refractivity contribution < 1.29 is 40.7 Å². The summed E-state index contributed by atoms with van der Waals surface area (Å²) in [5.74, 6) is -0.790. The SMILES string of the molecule is COC(=O)C(Cc1c(C)cc(S(=O)(=O)C(F)(F)F)cc1C)NC(=O)OC(C)(C)C. The standard InChI is InChI=1S/C18H24F3NO6S/c1-10-7-12(29(25,26)18(19,20)21)8-11(2)13(10)9-14(15(23)27-6)22-16(24)28-17(3,4)5/h7-8,14H,9H2,1-6H3,(H,22,24). The molecule has 1 atom stereocenters. The summed E-state index contributed by atoms with van der Waals surface area (Å²) in [6.07, 6.45) is -1.00. The zero-order valence-electron chi connectivity index (χ0n) is 16.9. The van der Waals surface area contributed by atoms with Crippen LogP contribution in [0.2, 0.25) is 0 Å². The monoisotopic (exact) mass is 439 g/mol. The fourth-order valence-corrected chi connectivity index (χ4v) is 3.49. The van der Waals surface area contributed by atoms with E-state index >= 15 is 0 Å². The highest BCUT2D eigenvalue weighted by Gasteiger charge is 2.47. The summed E-state index contributed by atoms with van der Waals surface area (Å²) in [6, 6.07) is 0.581. The average molecular weight is 439 g/mol. The molecule has 0 aliphatic rings. The average Bonchev–Trinajstić information content (AvgIpc) is 2.53. The van der Waals surface area contributed by atoms with E-state index in [-0.39, 0.29) is 17.5 Å². The van der Waals surface area contributed by atoms with E-state index in [4.69, 9.17) is 4.74 Å². The van der Waals surface area contributed by atoms with E-state index in [1.807, 2.05) is 0 Å². The molecule has 0 aromatic heterocycles. The fraction of sp³-hybridized carbons (Fsp3) is 0.556. The lowest BCUT2D eigenvalue weighted by atomic mass is 9.96. The number of carbonyl (C=O) groups excluding carboxylic acids is 2. The number of methoxy groups -OCH3 is 1. The number of rotatable bonds is 5. The number of hydrogen-bond acceptors (Lipinski definition) is 6. The Morgan fingerprint density at radius 3 is 1.97 bits per heavy atom. The highest BCUT2D eigenvalue weighted by atomic mass is 32.2. The first-order chi connectivity index (χ1) is 13.0. The second-order valence-corrected chi connectivity index (χ2v) is 9.35. The lowest BCUT2D eigenvalue weighted by Gasteiger charge is -2.23. The van der Waals surface area contributed by atoms with Gasteiger partial charge in [-0.05, 0) is 63.4 Å². The van der Waals surface area contributed by atoms with Gasteiger partial charge in [0.1, 0.15) is 11.6 Å². The largest absolute Gasteiger partial charge is 0.501 e. The molecule has 0 saturated carbocycles. The highest BCUT2D eigenvalue weighted by Crippen LogP contribution is 2.32. The zero-order chi connectivity index (χ0) is 22.8. The minimum absolute atomic E-state index is 0.129. The molecule has 0 heterocycles. The van der Waals surface area contributed by atoms with Crippen molar-refractivity contribution in [3.8, 4) is 0 Å². The van der Waals surface area contributed by atoms with Crippen LogP contribution in [0.4, 0.5) is 18.0 Å². The number of carbonyl (C=O) groups is 2. The van der Waals surface area contributed by atoms with Gasteiger partial charge in [-0.25, -0.2) is 18.0 Å². The predicted octanol–water partition coefficient (Wildman–Crippen LogP) is 3.21. The van der Waals surface area contributed by atoms with Gasteiger partial charge in [-0.3, -0.25) is 0 Å². The van der Waals surface area contributed by atoms with Crippen molar-refractivity contribution >= 4 is 21.9 Å². The lowest BCUT2D eigenvalue weighted by molar-refractivity contribution is -0.143. The zero-order valence-corrected chi connectivity index (χ0v) is 17.7. The molecule has 0 bridgehead atoms. The summed E-state index contributed by atoms with van der Waals surface area (Å²) >= 11 is 0. The van der Waals surface area contributed by atoms with Crippen molar-refractivity contribution in [1.82, 2.24) is 5.32 Å². The maximum absolute atomic E-state index is 12.8. The van der Waals surface area contributed by atoms with Crippen LogP contribution in [-0.2, 0) is 30.5 Å². The third kappa shape index (κ3) is 6.34. The first-order valence-electron chi connectivity index (χ1n) is 8.48. The van der Waals surface area contributed by atoms with Crippen LogP contribution in [0, 0.1) is 13.8 Å². The van der Waals surface area contributed by atoms with E-state index in [0.29, 0.717) is 5.56 Å². The molecule has 7 nitrogen and oxygen atoms in total. The summed E-state index contributed by atoms with van der Waals surface area (Å²) < 4.78 is 71.5. The number of esters is 1. The lowest BCUT2D eigenvalue weighted by Crippen LogP contribution is -2.45. The van der Waals surface area contributed by atoms with Crippen molar-refractivity contribution in [2.45, 2.75) is 63.1 Å². The topological polar surface area (TPSA) is 98.8 Å². The van der Waals surface area contributed by atoms with E-state index < -0.39 is 43.9 Å². The van der Waals surface area contributed by atoms with Crippen LogP contribution in [-0.4, -0.2) is 44.7 Å². The molecule has 164 valence electrons. The molecule has 11 heteroatoms. The number of amides is 1. The first kappa shape index (κ1) is 24.7. The summed E-state index contributed by atoms with van der Waals surface area (Å²) in [5.41, 5.74) is -5.41. The van der Waals surface area contributed by atoms with Crippen LogP contribution < -0.4 is 5.32 Å². The van der Waals surface area contributed by atoms with Gasteiger partial charge in [0, 0.05) is 6.42 Å². The number of ether oxygens (including phenoxy) is 2. The molecule has 1 N–H and O–H groups in total. The van der Waals surface area contributed by atoms with Crippen LogP contribution in [0.5, 0.6) is 0 Å². The van der Waals surface area contributed by atoms with Crippen molar-refractivity contribution in [3.05, 3.63) is 28.8 Å². The van der Waals surface area contributed by atoms with Gasteiger partial charge in [-0.1, -0.05) is 0 Å². The van der Waals surface area contributed by atoms with Crippen LogP contribution in [0.3, 0.4) is 0 Å². The molecule has 29 heavy (non-hydrogen) atoms. The normalized spacial score (nSPS) is 13.6. The van der Waals surface area contributed by atoms with Crippen LogP contribution in [0.1, 0.15) is 37.5 Å². The Bertz CT molecular complexity index is 865. The molecule has 0 aliphatic carbocycles. The second-order valence-electron chi connectivity index (χ2n) is 7.41. The van der Waals surface area contributed by atoms with E-state index in [1.54, 1.807) is 20.8 Å². The predicted molar refractivity (Wildman–Crippen MR) is 98.0 cm³/mol. The summed E-state index contributed by atoms with van der Waals surface area (Å²) in [7, 11) is -4.39. The summed E-state index contributed by atoms with van der Waals surface area (Å²) in [5, 5.41) is 2.36. The maximum Gasteiger partial charge on any atom is 0.501 e. The van der Waals surface area contributed by atoms with E-state index in [0.717, 1.165) is 19.2 Å². The van der Waals surface area contributed by atoms with Crippen molar-refractivity contribution in [3.63, 3.8) is 0 Å². The van der Waals surface area contributed by atoms with E-state index in [2.05, 4.69) is 10.1 Å². The maximum atomic E-state index is 12.8. The number of benzene rings is 1. The quantitative estimate of drug-likeness (QED) is 0.708. The molecular formula is C18H24F3NO6S. The van der Waals surface area contributed by atoms with Gasteiger partial charge in [0.2, 0.25) is 0 Å². The van der Waals surface area contributed by atoms with Gasteiger partial charge in [0.05, 0.1) is 12.0 Å². The molecule has 0 aliphatic heterocycles. The molecule has 1 rings (SSSR count). The Labute approximate surface area is 167 Å². The number of hydrogen-bond donors (Lipinski definition) is 1. The molecule has 1 aromatic rings. The summed E-state index contributed by atoms with van der Waals surface area (Å²) in [4.78, 5) is 23.2. The van der Waals surface area contributed by atoms with Gasteiger partial charge in [0.15, 0.2) is 0 Å². The van der Waals surface area contributed by atoms with Gasteiger partial charge in [0.25, 0.3) is 9.84 Å². The summed E-state index contributed by atoms with van der Waals surface area (Å²) in [6.45, 7) is 7.73. The Balaban J connectivity index is 3.24. The number of alkyl carbamates (subject to hydrolysis) is 1. The van der Waals surface area contributed by atoms with Crippen molar-refractivity contribution in [1.29, 1.82) is 0 Å². The molecule has 1 amide bonds. The van der Waals surface area contributed by atoms with Crippen molar-refractivity contribution in [2.75, 3.05) is 7.11 Å². The fourth-order valence-electron chi connectivity index (χ4n) is 2.55. The van der Waals surface area contributed by atoms with Gasteiger partial charge >= 0.3 is 17.6 Å². The van der Waals surface area contributed by atoms with Gasteiger partial charge in [-0.2, -0.15) is 13.2 Å². The van der Waals surface area contributed by atoms with Crippen molar-refractivity contribution in [2.24, 2.45) is 0 Å². The Kier molecular flexibility index (Phi) is 7.34. The third-order valence-electron chi connectivity index (χ3n) is 3.87. The van der Waals surface area contributed by atoms with Gasteiger partial charge in [-0.15, -0.1) is 0 Å². The minimum atomic E-state index is -5.51. The molecule has 0 fully saturated rings. The molecule has 0 spiro atoms. The van der Waals surface area contributed by atoms with Gasteiger partial charge < -0.3 is 14.8 Å². The first-order valence-corrected chi connectivity index (χ1v) is 9.96. The van der Waals surface area contributed by atoms with Crippen LogP contribution in [0.25, 0.3) is 0 Å². The second kappa shape index (κ2) is 8.60. The Hall–Kier alpha value is -2.30. The molecule has 1 aromatic carbocycles. The molecule has 0 saturated heterocycles. The number of nitrogens with one attached hydrogen (secondary N) is 1. The number of alkyl halides is 3. The number of halogens is 3. The highest BCUT2D eigenvalue weighted by molar-refractivity contribution is 7.92. The molecule has 0 radical (unpaired) electrons. The van der Waals surface area contributed by atoms with Crippen LogP contribution >= 0.6 is 0 Å². The third-order valence-corrected chi connectivity index (χ3v) is 5.34.